The average Bonchev–Trinajstić information content (AvgIpc) is 2.78. The van der Waals surface area contributed by atoms with Crippen molar-refractivity contribution in [1.29, 1.82) is 0 Å². The topological polar surface area (TPSA) is 3.24 Å². The van der Waals surface area contributed by atoms with Crippen LogP contribution in [0, 0.1) is 35.5 Å². The lowest BCUT2D eigenvalue weighted by atomic mass is 9.50. The zero-order valence-electron chi connectivity index (χ0n) is 15.2. The van der Waals surface area contributed by atoms with Crippen LogP contribution in [0.4, 0.5) is 0 Å². The van der Waals surface area contributed by atoms with Crippen LogP contribution in [-0.2, 0) is 0 Å². The van der Waals surface area contributed by atoms with Crippen molar-refractivity contribution in [1.82, 2.24) is 4.90 Å². The lowest BCUT2D eigenvalue weighted by Crippen LogP contribution is -2.52. The molecule has 0 aromatic heterocycles. The van der Waals surface area contributed by atoms with E-state index in [2.05, 4.69) is 46.8 Å². The minimum Gasteiger partial charge on any atom is -0.324 e. The summed E-state index contributed by atoms with van der Waals surface area (Å²) in [5, 5.41) is 0. The predicted molar refractivity (Wildman–Crippen MR) is 90.1 cm³/mol. The molecule has 0 aromatic carbocycles. The molecule has 4 aliphatic rings. The van der Waals surface area contributed by atoms with Gasteiger partial charge in [0, 0.05) is 18.4 Å². The summed E-state index contributed by atoms with van der Waals surface area (Å²) in [4.78, 5) is 2.45. The van der Waals surface area contributed by atoms with Crippen LogP contribution >= 0.6 is 0 Å². The van der Waals surface area contributed by atoms with Gasteiger partial charge in [-0.25, -0.2) is 0 Å². The number of hydrogen-bond donors (Lipinski definition) is 0. The third kappa shape index (κ3) is 2.47. The van der Waals surface area contributed by atoms with Crippen molar-refractivity contribution in [2.45, 2.75) is 46.1 Å². The summed E-state index contributed by atoms with van der Waals surface area (Å²) >= 11 is 0. The van der Waals surface area contributed by atoms with E-state index in [-0.39, 0.29) is 0 Å². The maximum Gasteiger partial charge on any atom is 0.0831 e. The van der Waals surface area contributed by atoms with Crippen LogP contribution in [0.25, 0.3) is 0 Å². The van der Waals surface area contributed by atoms with E-state index in [1.165, 1.54) is 43.4 Å². The Kier molecular flexibility index (Phi) is 4.16. The highest BCUT2D eigenvalue weighted by Gasteiger charge is 2.60. The first kappa shape index (κ1) is 15.8. The highest BCUT2D eigenvalue weighted by atomic mass is 15.4. The van der Waals surface area contributed by atoms with Gasteiger partial charge in [-0.3, -0.25) is 0 Å². The van der Waals surface area contributed by atoms with Gasteiger partial charge >= 0.3 is 0 Å². The molecule has 1 aliphatic heterocycles. The maximum atomic E-state index is 2.53. The van der Waals surface area contributed by atoms with Gasteiger partial charge in [-0.15, -0.1) is 0 Å². The standard InChI is InChI=1S/C19H37N2/c1-7-14-15-8-9-16(17(14)10-20(4)5)19-12-21(6,13(2)3)11-18(15)19/h13-19H,7-12H2,1-6H3/q+1. The molecule has 2 heteroatoms. The molecule has 2 nitrogen and oxygen atoms in total. The van der Waals surface area contributed by atoms with Gasteiger partial charge in [-0.2, -0.15) is 0 Å². The molecular weight excluding hydrogens is 256 g/mol. The van der Waals surface area contributed by atoms with Crippen molar-refractivity contribution in [3.8, 4) is 0 Å². The molecule has 4 rings (SSSR count). The van der Waals surface area contributed by atoms with Gasteiger partial charge in [0.1, 0.15) is 0 Å². The molecule has 0 amide bonds. The summed E-state index contributed by atoms with van der Waals surface area (Å²) in [5.41, 5.74) is 0. The zero-order chi connectivity index (χ0) is 15.4. The van der Waals surface area contributed by atoms with Crippen LogP contribution in [-0.4, -0.2) is 56.2 Å². The summed E-state index contributed by atoms with van der Waals surface area (Å²) < 4.78 is 1.34. The summed E-state index contributed by atoms with van der Waals surface area (Å²) in [7, 11) is 7.08. The van der Waals surface area contributed by atoms with Crippen molar-refractivity contribution < 1.29 is 4.48 Å². The van der Waals surface area contributed by atoms with E-state index in [0.717, 1.165) is 41.5 Å². The highest BCUT2D eigenvalue weighted by Crippen LogP contribution is 2.59. The van der Waals surface area contributed by atoms with Crippen LogP contribution in [0.5, 0.6) is 0 Å². The number of hydrogen-bond acceptors (Lipinski definition) is 1. The normalized spacial score (nSPS) is 49.1. The quantitative estimate of drug-likeness (QED) is 0.719. The molecule has 2 bridgehead atoms. The fourth-order valence-corrected chi connectivity index (χ4v) is 6.45. The van der Waals surface area contributed by atoms with Crippen molar-refractivity contribution in [3.05, 3.63) is 0 Å². The molecule has 0 N–H and O–H groups in total. The van der Waals surface area contributed by atoms with Crippen LogP contribution in [0.15, 0.2) is 0 Å². The third-order valence-corrected chi connectivity index (χ3v) is 7.68. The lowest BCUT2D eigenvalue weighted by Gasteiger charge is -2.54. The molecule has 1 saturated heterocycles. The molecule has 7 unspecified atom stereocenters. The van der Waals surface area contributed by atoms with E-state index in [4.69, 9.17) is 0 Å². The molecule has 0 radical (unpaired) electrons. The third-order valence-electron chi connectivity index (χ3n) is 7.68. The van der Waals surface area contributed by atoms with Crippen LogP contribution in [0.1, 0.15) is 40.0 Å². The van der Waals surface area contributed by atoms with Gasteiger partial charge < -0.3 is 9.38 Å². The van der Waals surface area contributed by atoms with Gasteiger partial charge in [0.2, 0.25) is 0 Å². The SMILES string of the molecule is CCC1C2CCC(C1CN(C)C)C1C[N+](C)(C(C)C)CC21. The second kappa shape index (κ2) is 5.53. The first-order chi connectivity index (χ1) is 9.87. The van der Waals surface area contributed by atoms with Crippen LogP contribution in [0.2, 0.25) is 0 Å². The number of fused-ring (bicyclic) bond motifs is 2. The number of rotatable bonds is 4. The van der Waals surface area contributed by atoms with E-state index < -0.39 is 0 Å². The number of quaternary nitrogens is 1. The second-order valence-corrected chi connectivity index (χ2v) is 9.17. The summed E-state index contributed by atoms with van der Waals surface area (Å²) in [6.07, 6.45) is 4.47. The molecule has 0 spiro atoms. The first-order valence-electron chi connectivity index (χ1n) is 9.36. The fraction of sp³-hybridized carbons (Fsp3) is 1.00. The molecule has 122 valence electrons. The largest absolute Gasteiger partial charge is 0.324 e. The number of likely N-dealkylation sites (tertiary alicyclic amines) is 1. The summed E-state index contributed by atoms with van der Waals surface area (Å²) in [6, 6.07) is 0.794. The molecule has 21 heavy (non-hydrogen) atoms. The summed E-state index contributed by atoms with van der Waals surface area (Å²) in [5.74, 6) is 6.11. The molecule has 7 atom stereocenters. The van der Waals surface area contributed by atoms with Gasteiger partial charge in [-0.05, 0) is 64.5 Å². The molecular formula is C19H37N2+. The minimum absolute atomic E-state index is 0.794. The maximum absolute atomic E-state index is 2.53. The highest BCUT2D eigenvalue weighted by molar-refractivity contribution is 5.03. The Morgan fingerprint density at radius 1 is 0.952 bits per heavy atom. The molecule has 0 aromatic rings. The van der Waals surface area contributed by atoms with E-state index in [1.54, 1.807) is 0 Å². The van der Waals surface area contributed by atoms with E-state index in [9.17, 15) is 0 Å². The predicted octanol–water partition coefficient (Wildman–Crippen LogP) is 3.33. The molecule has 3 aliphatic carbocycles. The van der Waals surface area contributed by atoms with Crippen molar-refractivity contribution in [2.75, 3.05) is 40.8 Å². The Bertz CT molecular complexity index is 378. The summed E-state index contributed by atoms with van der Waals surface area (Å²) in [6.45, 7) is 11.6. The van der Waals surface area contributed by atoms with Crippen molar-refractivity contribution in [2.24, 2.45) is 35.5 Å². The minimum atomic E-state index is 0.794. The molecule has 4 fully saturated rings. The average molecular weight is 294 g/mol. The zero-order valence-corrected chi connectivity index (χ0v) is 15.2. The fourth-order valence-electron chi connectivity index (χ4n) is 6.45. The first-order valence-corrected chi connectivity index (χ1v) is 9.36. The van der Waals surface area contributed by atoms with Crippen LogP contribution < -0.4 is 0 Å². The Hall–Kier alpha value is -0.0800. The Morgan fingerprint density at radius 2 is 1.48 bits per heavy atom. The van der Waals surface area contributed by atoms with E-state index in [0.29, 0.717) is 0 Å². The van der Waals surface area contributed by atoms with Gasteiger partial charge in [0.25, 0.3) is 0 Å². The van der Waals surface area contributed by atoms with Gasteiger partial charge in [-0.1, -0.05) is 13.3 Å². The monoisotopic (exact) mass is 293 g/mol. The second-order valence-electron chi connectivity index (χ2n) is 9.17. The van der Waals surface area contributed by atoms with Crippen molar-refractivity contribution in [3.63, 3.8) is 0 Å². The van der Waals surface area contributed by atoms with Gasteiger partial charge in [0.05, 0.1) is 26.2 Å². The number of nitrogens with zero attached hydrogens (tertiary/aromatic N) is 2. The van der Waals surface area contributed by atoms with Crippen molar-refractivity contribution >= 4 is 0 Å². The molecule has 3 saturated carbocycles. The van der Waals surface area contributed by atoms with Crippen LogP contribution in [0.3, 0.4) is 0 Å². The molecule has 1 heterocycles. The Labute approximate surface area is 132 Å². The van der Waals surface area contributed by atoms with Gasteiger partial charge in [0.15, 0.2) is 0 Å². The lowest BCUT2D eigenvalue weighted by molar-refractivity contribution is -0.921. The Morgan fingerprint density at radius 3 is 1.90 bits per heavy atom. The smallest absolute Gasteiger partial charge is 0.0831 e. The van der Waals surface area contributed by atoms with E-state index in [1.807, 2.05) is 0 Å². The Balaban J connectivity index is 1.86. The van der Waals surface area contributed by atoms with E-state index >= 15 is 0 Å².